The highest BCUT2D eigenvalue weighted by Gasteiger charge is 2.40. The van der Waals surface area contributed by atoms with Crippen molar-refractivity contribution in [2.24, 2.45) is 14.1 Å². The molecule has 2 atom stereocenters. The predicted molar refractivity (Wildman–Crippen MR) is 231 cm³/mol. The van der Waals surface area contributed by atoms with Crippen LogP contribution in [-0.4, -0.2) is 119 Å². The lowest BCUT2D eigenvalue weighted by atomic mass is 9.99. The Bertz CT molecular complexity index is 2770. The minimum atomic E-state index is -3.67. The number of benzene rings is 4. The molecule has 4 amide bonds. The summed E-state index contributed by atoms with van der Waals surface area (Å²) in [5, 5.41) is 10.5. The van der Waals surface area contributed by atoms with Gasteiger partial charge in [-0.15, -0.1) is 0 Å². The van der Waals surface area contributed by atoms with Gasteiger partial charge in [0, 0.05) is 84.9 Å². The van der Waals surface area contributed by atoms with Crippen LogP contribution in [0, 0.1) is 13.8 Å². The summed E-state index contributed by atoms with van der Waals surface area (Å²) in [5.74, 6) is -1.05. The molecule has 0 aliphatic carbocycles. The third-order valence-electron chi connectivity index (χ3n) is 10.6. The lowest BCUT2D eigenvalue weighted by Gasteiger charge is -2.22. The number of amides is 4. The van der Waals surface area contributed by atoms with Gasteiger partial charge in [-0.25, -0.2) is 0 Å². The number of aromatic nitrogens is 2. The highest BCUT2D eigenvalue weighted by molar-refractivity contribution is 7.85. The molecule has 6 aromatic rings. The van der Waals surface area contributed by atoms with Crippen molar-refractivity contribution in [2.75, 3.05) is 38.7 Å². The molecule has 0 fully saturated rings. The van der Waals surface area contributed by atoms with E-state index in [2.05, 4.69) is 19.8 Å². The summed E-state index contributed by atoms with van der Waals surface area (Å²) >= 11 is 0. The second kappa shape index (κ2) is 16.5. The van der Waals surface area contributed by atoms with E-state index >= 15 is 0 Å². The Morgan fingerprint density at radius 1 is 0.583 bits per heavy atom. The fourth-order valence-electron chi connectivity index (χ4n) is 8.37. The van der Waals surface area contributed by atoms with Gasteiger partial charge >= 0.3 is 0 Å². The smallest absolute Gasteiger partial charge is 0.262 e. The van der Waals surface area contributed by atoms with Crippen molar-refractivity contribution in [3.05, 3.63) is 94.0 Å². The molecule has 0 spiro atoms. The van der Waals surface area contributed by atoms with Crippen LogP contribution in [0.2, 0.25) is 0 Å². The lowest BCUT2D eigenvalue weighted by molar-refractivity contribution is 0.0624. The number of hydrogen-bond acceptors (Lipinski definition) is 10. The van der Waals surface area contributed by atoms with Gasteiger partial charge in [-0.05, 0) is 63.1 Å². The molecule has 0 radical (unpaired) electrons. The molecule has 8 rings (SSSR count). The van der Waals surface area contributed by atoms with Gasteiger partial charge < -0.3 is 19.8 Å². The van der Waals surface area contributed by atoms with Crippen molar-refractivity contribution in [1.82, 2.24) is 29.6 Å². The largest absolute Gasteiger partial charge is 0.343 e. The van der Waals surface area contributed by atoms with Crippen molar-refractivity contribution < 1.29 is 45.1 Å². The van der Waals surface area contributed by atoms with Crippen molar-refractivity contribution in [3.63, 3.8) is 0 Å². The lowest BCUT2D eigenvalue weighted by Crippen LogP contribution is -2.46. The summed E-state index contributed by atoms with van der Waals surface area (Å²) in [4.78, 5) is 57.4. The Hall–Kier alpha value is -5.50. The number of aryl methyl sites for hydroxylation is 4. The maximum atomic E-state index is 13.8. The number of nitrogens with one attached hydrogen (secondary N) is 2. The van der Waals surface area contributed by atoms with Crippen LogP contribution in [-0.2, 0) is 34.3 Å². The molecular formula is C42H48N6O10S2. The molecule has 2 aliphatic rings. The highest BCUT2D eigenvalue weighted by atomic mass is 32.2. The Morgan fingerprint density at radius 2 is 0.900 bits per heavy atom. The van der Waals surface area contributed by atoms with Crippen molar-refractivity contribution in [2.45, 2.75) is 39.8 Å². The zero-order valence-corrected chi connectivity index (χ0v) is 36.2. The van der Waals surface area contributed by atoms with E-state index in [1.165, 1.54) is 9.80 Å². The van der Waals surface area contributed by atoms with Crippen molar-refractivity contribution in [1.29, 1.82) is 0 Å². The van der Waals surface area contributed by atoms with E-state index in [-0.39, 0.29) is 48.8 Å². The zero-order chi connectivity index (χ0) is 44.2. The van der Waals surface area contributed by atoms with E-state index < -0.39 is 20.2 Å². The van der Waals surface area contributed by atoms with Gasteiger partial charge in [0.15, 0.2) is 0 Å². The predicted octanol–water partition coefficient (Wildman–Crippen LogP) is 4.45. The SMILES string of the molecule is CS(=O)(=O)O.CS(=O)(=O)O.Cc1cc2c(c3c4ccccc4n(C)c13)C(=O)N(C[C@@H](C)NCCN[C@H](C)CN1C(=O)c3cc(C)c4c(c3C1=O)c1ccccc1n4C)C2=O. The fraction of sp³-hybridized carbons (Fsp3) is 0.333. The van der Waals surface area contributed by atoms with Crippen molar-refractivity contribution in [3.8, 4) is 0 Å². The summed E-state index contributed by atoms with van der Waals surface area (Å²) in [6.07, 6.45) is 1.43. The molecule has 0 unspecified atom stereocenters. The number of imide groups is 2. The standard InChI is InChI=1S/C40H40N6O4.2CH4O3S/c1-21-17-27-33(31-25-11-7-9-13-29(25)43(5)35(21)31)39(49)45(37(27)47)19-23(3)41-15-16-42-24(4)20-46-38(48)28-18-22(2)36-32(34(28)40(46)50)26-12-8-10-14-30(26)44(36)6;2*1-5(2,3)4/h7-14,17-18,23-24,41-42H,15-16,19-20H2,1-6H3;2*1H3,(H,2,3,4)/t23-,24-;;/m1../s1. The summed E-state index contributed by atoms with van der Waals surface area (Å²) in [5.41, 5.74) is 7.81. The van der Waals surface area contributed by atoms with E-state index in [1.807, 2.05) is 102 Å². The molecule has 2 aromatic heterocycles. The third-order valence-corrected chi connectivity index (χ3v) is 10.6. The second-order valence-corrected chi connectivity index (χ2v) is 18.4. The Balaban J connectivity index is 0.000000543. The van der Waals surface area contributed by atoms with E-state index in [9.17, 15) is 36.0 Å². The van der Waals surface area contributed by atoms with Crippen LogP contribution in [0.3, 0.4) is 0 Å². The topological polar surface area (TPSA) is 217 Å². The molecule has 2 aliphatic heterocycles. The molecular weight excluding hydrogens is 813 g/mol. The first-order chi connectivity index (χ1) is 28.0. The first-order valence-electron chi connectivity index (χ1n) is 19.0. The number of para-hydroxylation sites is 2. The maximum Gasteiger partial charge on any atom is 0.262 e. The maximum absolute atomic E-state index is 13.8. The van der Waals surface area contributed by atoms with Gasteiger partial charge in [0.2, 0.25) is 0 Å². The fourth-order valence-corrected chi connectivity index (χ4v) is 8.37. The van der Waals surface area contributed by atoms with Crippen LogP contribution in [0.5, 0.6) is 0 Å². The number of rotatable bonds is 9. The van der Waals surface area contributed by atoms with Gasteiger partial charge in [-0.3, -0.25) is 38.1 Å². The number of nitrogens with zero attached hydrogens (tertiary/aromatic N) is 4. The van der Waals surface area contributed by atoms with Crippen LogP contribution in [0.1, 0.15) is 66.4 Å². The summed E-state index contributed by atoms with van der Waals surface area (Å²) in [6, 6.07) is 19.4. The molecule has 16 nitrogen and oxygen atoms in total. The first kappa shape index (κ1) is 44.1. The quantitative estimate of drug-likeness (QED) is 0.0901. The molecule has 60 heavy (non-hydrogen) atoms. The second-order valence-electron chi connectivity index (χ2n) is 15.4. The first-order valence-corrected chi connectivity index (χ1v) is 22.7. The van der Waals surface area contributed by atoms with Gasteiger partial charge in [-0.2, -0.15) is 16.8 Å². The van der Waals surface area contributed by atoms with Gasteiger partial charge in [0.25, 0.3) is 43.9 Å². The molecule has 318 valence electrons. The normalized spacial score (nSPS) is 15.1. The van der Waals surface area contributed by atoms with E-state index in [1.54, 1.807) is 0 Å². The van der Waals surface area contributed by atoms with Gasteiger partial charge in [-0.1, -0.05) is 36.4 Å². The van der Waals surface area contributed by atoms with E-state index in [0.717, 1.165) is 54.7 Å². The average Bonchev–Trinajstić information content (AvgIpc) is 3.78. The number of carbonyl (C=O) groups is 4. The molecule has 0 bridgehead atoms. The Kier molecular flexibility index (Phi) is 12.1. The zero-order valence-electron chi connectivity index (χ0n) is 34.5. The van der Waals surface area contributed by atoms with Gasteiger partial charge in [0.05, 0.1) is 45.8 Å². The van der Waals surface area contributed by atoms with Crippen LogP contribution < -0.4 is 10.6 Å². The number of fused-ring (bicyclic) bond motifs is 10. The van der Waals surface area contributed by atoms with Crippen LogP contribution in [0.25, 0.3) is 43.6 Å². The molecule has 0 saturated carbocycles. The van der Waals surface area contributed by atoms with E-state index in [0.29, 0.717) is 47.9 Å². The highest BCUT2D eigenvalue weighted by Crippen LogP contribution is 2.40. The van der Waals surface area contributed by atoms with Crippen LogP contribution >= 0.6 is 0 Å². The average molecular weight is 861 g/mol. The molecule has 0 saturated heterocycles. The van der Waals surface area contributed by atoms with Crippen LogP contribution in [0.15, 0.2) is 60.7 Å². The summed E-state index contributed by atoms with van der Waals surface area (Å²) in [6.45, 7) is 9.51. The minimum Gasteiger partial charge on any atom is -0.343 e. The van der Waals surface area contributed by atoms with Gasteiger partial charge in [0.1, 0.15) is 0 Å². The summed E-state index contributed by atoms with van der Waals surface area (Å²) < 4.78 is 55.9. The molecule has 4 aromatic carbocycles. The van der Waals surface area contributed by atoms with E-state index in [4.69, 9.17) is 9.11 Å². The third kappa shape index (κ3) is 8.57. The molecule has 4 heterocycles. The van der Waals surface area contributed by atoms with Crippen molar-refractivity contribution >= 4 is 87.5 Å². The molecule has 4 N–H and O–H groups in total. The Labute approximate surface area is 347 Å². The molecule has 18 heteroatoms. The monoisotopic (exact) mass is 860 g/mol. The minimum absolute atomic E-state index is 0.152. The van der Waals surface area contributed by atoms with Crippen LogP contribution in [0.4, 0.5) is 0 Å². The number of hydrogen-bond donors (Lipinski definition) is 4. The Morgan fingerprint density at radius 3 is 1.23 bits per heavy atom. The summed E-state index contributed by atoms with van der Waals surface area (Å²) in [7, 11) is -3.35. The number of carbonyl (C=O) groups excluding carboxylic acids is 4.